The quantitative estimate of drug-likeness (QED) is 0.832. The van der Waals surface area contributed by atoms with Crippen LogP contribution in [0, 0.1) is 5.92 Å². The normalized spacial score (nSPS) is 15.7. The van der Waals surface area contributed by atoms with Crippen LogP contribution in [0.3, 0.4) is 0 Å². The van der Waals surface area contributed by atoms with Gasteiger partial charge in [0.2, 0.25) is 5.91 Å². The maximum Gasteiger partial charge on any atom is 0.269 e. The first kappa shape index (κ1) is 14.6. The van der Waals surface area contributed by atoms with E-state index in [1.807, 2.05) is 12.1 Å². The van der Waals surface area contributed by atoms with Gasteiger partial charge in [-0.25, -0.2) is 0 Å². The maximum atomic E-state index is 11.9. The SMILES string of the molecule is CCc1ccc(C(=O)NNC(=O)C2CCCCC2)cc1. The highest BCUT2D eigenvalue weighted by atomic mass is 16.2. The van der Waals surface area contributed by atoms with Crippen molar-refractivity contribution in [3.05, 3.63) is 35.4 Å². The zero-order chi connectivity index (χ0) is 14.4. The first-order valence-corrected chi connectivity index (χ1v) is 7.40. The minimum absolute atomic E-state index is 0.0477. The third kappa shape index (κ3) is 3.83. The lowest BCUT2D eigenvalue weighted by atomic mass is 9.89. The van der Waals surface area contributed by atoms with Crippen LogP contribution in [0.2, 0.25) is 0 Å². The fourth-order valence-corrected chi connectivity index (χ4v) is 2.55. The maximum absolute atomic E-state index is 11.9. The summed E-state index contributed by atoms with van der Waals surface area (Å²) in [5, 5.41) is 0. The number of amides is 2. The second-order valence-electron chi connectivity index (χ2n) is 5.33. The molecule has 2 N–H and O–H groups in total. The number of carbonyl (C=O) groups is 2. The molecule has 0 radical (unpaired) electrons. The van der Waals surface area contributed by atoms with E-state index in [0.717, 1.165) is 32.1 Å². The topological polar surface area (TPSA) is 58.2 Å². The summed E-state index contributed by atoms with van der Waals surface area (Å²) in [6, 6.07) is 7.41. The van der Waals surface area contributed by atoms with E-state index >= 15 is 0 Å². The molecule has 0 aromatic heterocycles. The van der Waals surface area contributed by atoms with Crippen molar-refractivity contribution in [2.45, 2.75) is 45.4 Å². The van der Waals surface area contributed by atoms with Gasteiger partial charge in [0.15, 0.2) is 0 Å². The van der Waals surface area contributed by atoms with Gasteiger partial charge in [0.25, 0.3) is 5.91 Å². The summed E-state index contributed by atoms with van der Waals surface area (Å²) in [4.78, 5) is 23.8. The van der Waals surface area contributed by atoms with Gasteiger partial charge in [-0.1, -0.05) is 38.3 Å². The van der Waals surface area contributed by atoms with Crippen molar-refractivity contribution in [2.75, 3.05) is 0 Å². The molecular formula is C16H22N2O2. The molecule has 1 fully saturated rings. The molecule has 0 bridgehead atoms. The van der Waals surface area contributed by atoms with Crippen molar-refractivity contribution in [2.24, 2.45) is 5.92 Å². The number of hydrogen-bond donors (Lipinski definition) is 2. The molecule has 108 valence electrons. The summed E-state index contributed by atoms with van der Waals surface area (Å²) in [6.45, 7) is 2.07. The average Bonchev–Trinajstić information content (AvgIpc) is 2.53. The van der Waals surface area contributed by atoms with Crippen LogP contribution >= 0.6 is 0 Å². The Morgan fingerprint density at radius 3 is 2.30 bits per heavy atom. The van der Waals surface area contributed by atoms with E-state index in [1.165, 1.54) is 12.0 Å². The van der Waals surface area contributed by atoms with E-state index in [4.69, 9.17) is 0 Å². The van der Waals surface area contributed by atoms with E-state index in [9.17, 15) is 9.59 Å². The Kier molecular flexibility index (Phi) is 5.16. The van der Waals surface area contributed by atoms with Crippen LogP contribution in [0.25, 0.3) is 0 Å². The van der Waals surface area contributed by atoms with Gasteiger partial charge in [0, 0.05) is 11.5 Å². The lowest BCUT2D eigenvalue weighted by Gasteiger charge is -2.20. The fourth-order valence-electron chi connectivity index (χ4n) is 2.55. The monoisotopic (exact) mass is 274 g/mol. The summed E-state index contributed by atoms with van der Waals surface area (Å²) in [5.41, 5.74) is 6.78. The molecule has 2 rings (SSSR count). The largest absolute Gasteiger partial charge is 0.273 e. The predicted molar refractivity (Wildman–Crippen MR) is 78.0 cm³/mol. The molecule has 1 saturated carbocycles. The van der Waals surface area contributed by atoms with E-state index in [1.54, 1.807) is 12.1 Å². The molecule has 0 saturated heterocycles. The van der Waals surface area contributed by atoms with Gasteiger partial charge < -0.3 is 0 Å². The molecular weight excluding hydrogens is 252 g/mol. The van der Waals surface area contributed by atoms with E-state index in [0.29, 0.717) is 5.56 Å². The smallest absolute Gasteiger partial charge is 0.269 e. The van der Waals surface area contributed by atoms with Crippen molar-refractivity contribution in [3.63, 3.8) is 0 Å². The highest BCUT2D eigenvalue weighted by Gasteiger charge is 2.21. The molecule has 1 aliphatic rings. The van der Waals surface area contributed by atoms with Gasteiger partial charge in [-0.3, -0.25) is 20.4 Å². The van der Waals surface area contributed by atoms with Crippen molar-refractivity contribution < 1.29 is 9.59 Å². The Morgan fingerprint density at radius 1 is 1.05 bits per heavy atom. The summed E-state index contributed by atoms with van der Waals surface area (Å²) < 4.78 is 0. The van der Waals surface area contributed by atoms with Crippen molar-refractivity contribution in [1.29, 1.82) is 0 Å². The summed E-state index contributed by atoms with van der Waals surface area (Å²) in [7, 11) is 0. The molecule has 0 heterocycles. The zero-order valence-electron chi connectivity index (χ0n) is 11.9. The predicted octanol–water partition coefficient (Wildman–Crippen LogP) is 2.59. The standard InChI is InChI=1S/C16H22N2O2/c1-2-12-8-10-14(11-9-12)16(20)18-17-15(19)13-6-4-3-5-7-13/h8-11,13H,2-7H2,1H3,(H,17,19)(H,18,20). The first-order chi connectivity index (χ1) is 9.70. The van der Waals surface area contributed by atoms with Gasteiger partial charge in [-0.15, -0.1) is 0 Å². The molecule has 20 heavy (non-hydrogen) atoms. The van der Waals surface area contributed by atoms with E-state index in [-0.39, 0.29) is 17.7 Å². The fraction of sp³-hybridized carbons (Fsp3) is 0.500. The molecule has 4 nitrogen and oxygen atoms in total. The molecule has 0 unspecified atom stereocenters. The van der Waals surface area contributed by atoms with Crippen molar-refractivity contribution in [1.82, 2.24) is 10.9 Å². The number of carbonyl (C=O) groups excluding carboxylic acids is 2. The third-order valence-corrected chi connectivity index (χ3v) is 3.90. The van der Waals surface area contributed by atoms with Gasteiger partial charge in [0.05, 0.1) is 0 Å². The molecule has 1 aromatic rings. The van der Waals surface area contributed by atoms with Crippen LogP contribution in [0.5, 0.6) is 0 Å². The molecule has 1 aliphatic carbocycles. The van der Waals surface area contributed by atoms with Crippen molar-refractivity contribution in [3.8, 4) is 0 Å². The van der Waals surface area contributed by atoms with Crippen LogP contribution in [-0.4, -0.2) is 11.8 Å². The zero-order valence-corrected chi connectivity index (χ0v) is 11.9. The van der Waals surface area contributed by atoms with E-state index in [2.05, 4.69) is 17.8 Å². The minimum Gasteiger partial charge on any atom is -0.273 e. The average molecular weight is 274 g/mol. The van der Waals surface area contributed by atoms with Crippen LogP contribution in [-0.2, 0) is 11.2 Å². The Labute approximate surface area is 119 Å². The molecule has 4 heteroatoms. The van der Waals surface area contributed by atoms with Gasteiger partial charge in [-0.05, 0) is 37.0 Å². The number of rotatable bonds is 3. The van der Waals surface area contributed by atoms with Crippen LogP contribution in [0.15, 0.2) is 24.3 Å². The molecule has 0 spiro atoms. The molecule has 2 amide bonds. The third-order valence-electron chi connectivity index (χ3n) is 3.90. The number of hydrazine groups is 1. The minimum atomic E-state index is -0.267. The molecule has 0 aliphatic heterocycles. The number of hydrogen-bond acceptors (Lipinski definition) is 2. The lowest BCUT2D eigenvalue weighted by molar-refractivity contribution is -0.126. The van der Waals surface area contributed by atoms with Crippen LogP contribution in [0.1, 0.15) is 54.9 Å². The molecule has 1 aromatic carbocycles. The Bertz CT molecular complexity index is 462. The highest BCUT2D eigenvalue weighted by Crippen LogP contribution is 2.23. The second-order valence-corrected chi connectivity index (χ2v) is 5.33. The molecule has 0 atom stereocenters. The summed E-state index contributed by atoms with van der Waals surface area (Å²) in [6.07, 6.45) is 6.20. The van der Waals surface area contributed by atoms with Gasteiger partial charge in [0.1, 0.15) is 0 Å². The number of benzene rings is 1. The Hall–Kier alpha value is -1.84. The Balaban J connectivity index is 1.83. The van der Waals surface area contributed by atoms with Crippen LogP contribution < -0.4 is 10.9 Å². The highest BCUT2D eigenvalue weighted by molar-refractivity contribution is 5.95. The number of aryl methyl sites for hydroxylation is 1. The van der Waals surface area contributed by atoms with Gasteiger partial charge in [-0.2, -0.15) is 0 Å². The number of nitrogens with one attached hydrogen (secondary N) is 2. The summed E-state index contributed by atoms with van der Waals surface area (Å²) >= 11 is 0. The van der Waals surface area contributed by atoms with Crippen LogP contribution in [0.4, 0.5) is 0 Å². The van der Waals surface area contributed by atoms with Crippen molar-refractivity contribution >= 4 is 11.8 Å². The van der Waals surface area contributed by atoms with Gasteiger partial charge >= 0.3 is 0 Å². The first-order valence-electron chi connectivity index (χ1n) is 7.40. The van der Waals surface area contributed by atoms with E-state index < -0.39 is 0 Å². The summed E-state index contributed by atoms with van der Waals surface area (Å²) in [5.74, 6) is -0.286. The lowest BCUT2D eigenvalue weighted by Crippen LogP contribution is -2.44. The second kappa shape index (κ2) is 7.08. The Morgan fingerprint density at radius 2 is 1.70 bits per heavy atom.